The molecule has 31 heavy (non-hydrogen) atoms. The molecule has 1 aromatic heterocycles. The van der Waals surface area contributed by atoms with Crippen LogP contribution in [0.25, 0.3) is 33.5 Å². The van der Waals surface area contributed by atoms with Gasteiger partial charge in [0.1, 0.15) is 0 Å². The molecule has 1 heteroatoms. The Bertz CT molecular complexity index is 1350. The largest absolute Gasteiger partial charge is 0.341 e. The van der Waals surface area contributed by atoms with Gasteiger partial charge in [0.2, 0.25) is 0 Å². The highest BCUT2D eigenvalue weighted by molar-refractivity contribution is 6.08. The summed E-state index contributed by atoms with van der Waals surface area (Å²) in [7, 11) is 0. The van der Waals surface area contributed by atoms with Gasteiger partial charge in [-0.3, -0.25) is 0 Å². The first-order chi connectivity index (χ1) is 15.1. The molecule has 0 saturated carbocycles. The molecular formula is C30H27N. The molecule has 0 fully saturated rings. The predicted octanol–water partition coefficient (Wildman–Crippen LogP) is 8.02. The Balaban J connectivity index is 1.71. The summed E-state index contributed by atoms with van der Waals surface area (Å²) < 4.78 is 2.42. The van der Waals surface area contributed by atoms with Crippen LogP contribution in [0.5, 0.6) is 0 Å². The van der Waals surface area contributed by atoms with Crippen molar-refractivity contribution in [1.82, 2.24) is 4.57 Å². The SMILES string of the molecule is CCn1c2ccccc2c2ccc(C=C(c3ccc(C)cc3)c3ccc(C)cc3)cc21. The Hall–Kier alpha value is -3.58. The number of fused-ring (bicyclic) bond motifs is 3. The third kappa shape index (κ3) is 3.57. The van der Waals surface area contributed by atoms with E-state index in [1.807, 2.05) is 0 Å². The highest BCUT2D eigenvalue weighted by Crippen LogP contribution is 2.32. The molecule has 0 aliphatic rings. The van der Waals surface area contributed by atoms with Crippen LogP contribution in [-0.4, -0.2) is 4.57 Å². The lowest BCUT2D eigenvalue weighted by atomic mass is 9.94. The van der Waals surface area contributed by atoms with Crippen molar-refractivity contribution in [2.75, 3.05) is 0 Å². The molecule has 5 rings (SSSR count). The van der Waals surface area contributed by atoms with Gasteiger partial charge in [0, 0.05) is 28.4 Å². The molecule has 152 valence electrons. The van der Waals surface area contributed by atoms with Crippen LogP contribution in [0.15, 0.2) is 91.0 Å². The highest BCUT2D eigenvalue weighted by Gasteiger charge is 2.11. The maximum absolute atomic E-state index is 2.42. The number of aromatic nitrogens is 1. The number of hydrogen-bond donors (Lipinski definition) is 0. The Kier molecular flexibility index (Phi) is 4.95. The van der Waals surface area contributed by atoms with Gasteiger partial charge in [0.25, 0.3) is 0 Å². The van der Waals surface area contributed by atoms with Gasteiger partial charge >= 0.3 is 0 Å². The van der Waals surface area contributed by atoms with Crippen molar-refractivity contribution in [2.24, 2.45) is 0 Å². The maximum atomic E-state index is 2.42. The second kappa shape index (κ2) is 7.92. The van der Waals surface area contributed by atoms with Crippen LogP contribution in [-0.2, 0) is 6.54 Å². The molecule has 0 N–H and O–H groups in total. The fourth-order valence-corrected chi connectivity index (χ4v) is 4.46. The summed E-state index contributed by atoms with van der Waals surface area (Å²) in [6.45, 7) is 7.45. The molecule has 0 atom stereocenters. The van der Waals surface area contributed by atoms with Gasteiger partial charge in [0.05, 0.1) is 0 Å². The van der Waals surface area contributed by atoms with E-state index >= 15 is 0 Å². The number of rotatable bonds is 4. The van der Waals surface area contributed by atoms with Gasteiger partial charge in [-0.2, -0.15) is 0 Å². The summed E-state index contributed by atoms with van der Waals surface area (Å²) in [6.07, 6.45) is 2.33. The van der Waals surface area contributed by atoms with E-state index in [9.17, 15) is 0 Å². The summed E-state index contributed by atoms with van der Waals surface area (Å²) in [5.41, 5.74) is 10.1. The maximum Gasteiger partial charge on any atom is 0.0497 e. The van der Waals surface area contributed by atoms with Gasteiger partial charge in [0.15, 0.2) is 0 Å². The van der Waals surface area contributed by atoms with Crippen LogP contribution in [0.3, 0.4) is 0 Å². The minimum atomic E-state index is 0.958. The van der Waals surface area contributed by atoms with Crippen molar-refractivity contribution in [3.05, 3.63) is 119 Å². The summed E-state index contributed by atoms with van der Waals surface area (Å²) in [4.78, 5) is 0. The zero-order valence-electron chi connectivity index (χ0n) is 18.4. The molecule has 0 saturated heterocycles. The average Bonchev–Trinajstić information content (AvgIpc) is 3.12. The molecule has 0 unspecified atom stereocenters. The van der Waals surface area contributed by atoms with E-state index in [0.717, 1.165) is 6.54 Å². The fourth-order valence-electron chi connectivity index (χ4n) is 4.46. The normalized spacial score (nSPS) is 11.2. The molecule has 0 aliphatic carbocycles. The molecular weight excluding hydrogens is 374 g/mol. The van der Waals surface area contributed by atoms with E-state index < -0.39 is 0 Å². The van der Waals surface area contributed by atoms with Crippen LogP contribution in [0.4, 0.5) is 0 Å². The van der Waals surface area contributed by atoms with E-state index in [1.54, 1.807) is 0 Å². The van der Waals surface area contributed by atoms with Crippen LogP contribution < -0.4 is 0 Å². The standard InChI is InChI=1S/C30H27N/c1-4-31-29-8-6-5-7-26(29)27-18-13-23(20-30(27)31)19-28(24-14-9-21(2)10-15-24)25-16-11-22(3)12-17-25/h5-20H,4H2,1-3H3. The van der Waals surface area contributed by atoms with Gasteiger partial charge in [-0.05, 0) is 61.2 Å². The van der Waals surface area contributed by atoms with E-state index in [-0.39, 0.29) is 0 Å². The van der Waals surface area contributed by atoms with Crippen molar-refractivity contribution in [2.45, 2.75) is 27.3 Å². The molecule has 0 radical (unpaired) electrons. The van der Waals surface area contributed by atoms with Crippen LogP contribution in [0, 0.1) is 13.8 Å². The summed E-state index contributed by atoms with van der Waals surface area (Å²) in [6, 6.07) is 33.2. The molecule has 0 spiro atoms. The molecule has 1 nitrogen and oxygen atoms in total. The zero-order chi connectivity index (χ0) is 21.4. The minimum Gasteiger partial charge on any atom is -0.341 e. The summed E-state index contributed by atoms with van der Waals surface area (Å²) in [5.74, 6) is 0. The predicted molar refractivity (Wildman–Crippen MR) is 134 cm³/mol. The fraction of sp³-hybridized carbons (Fsp3) is 0.133. The van der Waals surface area contributed by atoms with Gasteiger partial charge in [-0.1, -0.05) is 90.0 Å². The highest BCUT2D eigenvalue weighted by atomic mass is 15.0. The molecule has 0 amide bonds. The van der Waals surface area contributed by atoms with Gasteiger partial charge in [-0.15, -0.1) is 0 Å². The van der Waals surface area contributed by atoms with Gasteiger partial charge < -0.3 is 4.57 Å². The van der Waals surface area contributed by atoms with E-state index in [4.69, 9.17) is 0 Å². The lowest BCUT2D eigenvalue weighted by molar-refractivity contribution is 0.827. The number of para-hydroxylation sites is 1. The Morgan fingerprint density at radius 2 is 1.26 bits per heavy atom. The number of hydrogen-bond acceptors (Lipinski definition) is 0. The van der Waals surface area contributed by atoms with Crippen LogP contribution in [0.2, 0.25) is 0 Å². The Morgan fingerprint density at radius 3 is 1.87 bits per heavy atom. The quantitative estimate of drug-likeness (QED) is 0.269. The van der Waals surface area contributed by atoms with Crippen LogP contribution in [0.1, 0.15) is 34.7 Å². The molecule has 5 aromatic rings. The zero-order valence-corrected chi connectivity index (χ0v) is 18.4. The van der Waals surface area contributed by atoms with Crippen LogP contribution >= 0.6 is 0 Å². The molecule has 1 heterocycles. The van der Waals surface area contributed by atoms with Gasteiger partial charge in [-0.25, -0.2) is 0 Å². The topological polar surface area (TPSA) is 4.93 Å². The lowest BCUT2D eigenvalue weighted by Crippen LogP contribution is -1.93. The van der Waals surface area contributed by atoms with Crippen molar-refractivity contribution in [1.29, 1.82) is 0 Å². The lowest BCUT2D eigenvalue weighted by Gasteiger charge is -2.11. The average molecular weight is 402 g/mol. The molecule has 0 bridgehead atoms. The summed E-state index contributed by atoms with van der Waals surface area (Å²) >= 11 is 0. The second-order valence-electron chi connectivity index (χ2n) is 8.33. The third-order valence-corrected chi connectivity index (χ3v) is 6.15. The first-order valence-electron chi connectivity index (χ1n) is 11.0. The first-order valence-corrected chi connectivity index (χ1v) is 11.0. The second-order valence-corrected chi connectivity index (χ2v) is 8.33. The smallest absolute Gasteiger partial charge is 0.0497 e. The van der Waals surface area contributed by atoms with E-state index in [0.29, 0.717) is 0 Å². The number of benzene rings is 4. The van der Waals surface area contributed by atoms with Crippen molar-refractivity contribution in [3.63, 3.8) is 0 Å². The van der Waals surface area contributed by atoms with Crippen molar-refractivity contribution in [3.8, 4) is 0 Å². The first kappa shape index (κ1) is 19.4. The third-order valence-electron chi connectivity index (χ3n) is 6.15. The Morgan fingerprint density at radius 1 is 0.677 bits per heavy atom. The monoisotopic (exact) mass is 401 g/mol. The van der Waals surface area contributed by atoms with Crippen molar-refractivity contribution >= 4 is 33.5 Å². The minimum absolute atomic E-state index is 0.958. The van der Waals surface area contributed by atoms with Crippen molar-refractivity contribution < 1.29 is 0 Å². The molecule has 4 aromatic carbocycles. The van der Waals surface area contributed by atoms with E-state index in [1.165, 1.54) is 55.2 Å². The number of aryl methyl sites for hydroxylation is 3. The Labute approximate surface area is 184 Å². The summed E-state index contributed by atoms with van der Waals surface area (Å²) in [5, 5.41) is 2.65. The number of nitrogens with zero attached hydrogens (tertiary/aromatic N) is 1. The molecule has 0 aliphatic heterocycles. The van der Waals surface area contributed by atoms with E-state index in [2.05, 4.69) is 122 Å².